The van der Waals surface area contributed by atoms with Crippen LogP contribution in [-0.2, 0) is 17.4 Å². The fourth-order valence-corrected chi connectivity index (χ4v) is 2.95. The van der Waals surface area contributed by atoms with E-state index in [-0.39, 0.29) is 5.75 Å². The molecule has 23 heavy (non-hydrogen) atoms. The molecule has 1 aliphatic carbocycles. The Kier molecular flexibility index (Phi) is 5.18. The van der Waals surface area contributed by atoms with Crippen LogP contribution < -0.4 is 4.74 Å². The zero-order chi connectivity index (χ0) is 17.3. The largest absolute Gasteiger partial charge is 0.484 e. The van der Waals surface area contributed by atoms with Crippen LogP contribution in [0, 0.1) is 0 Å². The highest BCUT2D eigenvalue weighted by atomic mass is 32.2. The summed E-state index contributed by atoms with van der Waals surface area (Å²) in [7, 11) is -1.40. The van der Waals surface area contributed by atoms with Gasteiger partial charge in [-0.1, -0.05) is 12.1 Å². The predicted octanol–water partition coefficient (Wildman–Crippen LogP) is 4.22. The van der Waals surface area contributed by atoms with Gasteiger partial charge in [0.05, 0.1) is 10.5 Å². The van der Waals surface area contributed by atoms with Gasteiger partial charge >= 0.3 is 6.18 Å². The van der Waals surface area contributed by atoms with E-state index in [4.69, 9.17) is 4.74 Å². The van der Waals surface area contributed by atoms with Gasteiger partial charge in [0.25, 0.3) is 0 Å². The summed E-state index contributed by atoms with van der Waals surface area (Å²) in [6, 6.07) is 4.98. The van der Waals surface area contributed by atoms with Crippen molar-refractivity contribution in [1.29, 1.82) is 0 Å². The molecule has 0 fully saturated rings. The van der Waals surface area contributed by atoms with Crippen molar-refractivity contribution >= 4 is 16.7 Å². The van der Waals surface area contributed by atoms with Crippen molar-refractivity contribution < 1.29 is 22.1 Å². The van der Waals surface area contributed by atoms with Crippen LogP contribution >= 0.6 is 0 Å². The molecule has 0 saturated heterocycles. The highest BCUT2D eigenvalue weighted by Crippen LogP contribution is 2.31. The average molecular weight is 347 g/mol. The van der Waals surface area contributed by atoms with Gasteiger partial charge in [-0.2, -0.15) is 17.6 Å². The fourth-order valence-electron chi connectivity index (χ4n) is 2.29. The molecule has 1 aromatic carbocycles. The van der Waals surface area contributed by atoms with Gasteiger partial charge in [0.15, 0.2) is 6.61 Å². The molecule has 1 atom stereocenters. The molecule has 1 unspecified atom stereocenters. The van der Waals surface area contributed by atoms with Crippen LogP contribution in [0.25, 0.3) is 0 Å². The maximum atomic E-state index is 12.4. The van der Waals surface area contributed by atoms with Crippen LogP contribution in [0.15, 0.2) is 22.6 Å². The first-order valence-corrected chi connectivity index (χ1v) is 8.50. The number of halogens is 3. The van der Waals surface area contributed by atoms with E-state index in [1.54, 1.807) is 12.1 Å². The molecule has 0 spiro atoms. The smallest absolute Gasteiger partial charge is 0.422 e. The molecule has 0 aliphatic heterocycles. The van der Waals surface area contributed by atoms with E-state index in [1.807, 2.05) is 20.8 Å². The van der Waals surface area contributed by atoms with E-state index < -0.39 is 28.5 Å². The van der Waals surface area contributed by atoms with Gasteiger partial charge in [0.2, 0.25) is 0 Å². The molecule has 0 aromatic heterocycles. The third-order valence-corrected chi connectivity index (χ3v) is 4.83. The highest BCUT2D eigenvalue weighted by molar-refractivity contribution is 7.85. The number of fused-ring (bicyclic) bond motifs is 1. The van der Waals surface area contributed by atoms with Crippen LogP contribution in [0.3, 0.4) is 0 Å². The lowest BCUT2D eigenvalue weighted by Crippen LogP contribution is -2.23. The van der Waals surface area contributed by atoms with E-state index in [0.717, 1.165) is 12.0 Å². The topological polar surface area (TPSA) is 38.7 Å². The zero-order valence-electron chi connectivity index (χ0n) is 13.4. The lowest BCUT2D eigenvalue weighted by Gasteiger charge is -2.22. The first-order chi connectivity index (χ1) is 10.6. The third kappa shape index (κ3) is 4.80. The molecule has 0 amide bonds. The Balaban J connectivity index is 2.33. The molecule has 1 aromatic rings. The molecule has 0 heterocycles. The van der Waals surface area contributed by atoms with Gasteiger partial charge in [-0.15, -0.1) is 0 Å². The summed E-state index contributed by atoms with van der Waals surface area (Å²) in [5.41, 5.74) is 2.14. The normalized spacial score (nSPS) is 18.6. The van der Waals surface area contributed by atoms with Crippen LogP contribution in [-0.4, -0.2) is 27.5 Å². The summed E-state index contributed by atoms with van der Waals surface area (Å²) in [5, 5.41) is 0. The first kappa shape index (κ1) is 18.0. The molecule has 128 valence electrons. The second kappa shape index (κ2) is 6.63. The summed E-state index contributed by atoms with van der Waals surface area (Å²) in [6.07, 6.45) is -2.33. The van der Waals surface area contributed by atoms with Gasteiger partial charge in [-0.25, -0.2) is 4.21 Å². The summed E-state index contributed by atoms with van der Waals surface area (Å²) in [5.74, 6) is 0.230. The Morgan fingerprint density at radius 2 is 1.91 bits per heavy atom. The Bertz CT molecular complexity index is 633. The van der Waals surface area contributed by atoms with E-state index in [9.17, 15) is 17.4 Å². The molecule has 1 aliphatic rings. The van der Waals surface area contributed by atoms with Crippen molar-refractivity contribution in [2.45, 2.75) is 51.0 Å². The summed E-state index contributed by atoms with van der Waals surface area (Å²) in [4.78, 5) is 0. The molecule has 0 bridgehead atoms. The maximum absolute atomic E-state index is 12.4. The number of hydrogen-bond acceptors (Lipinski definition) is 2. The predicted molar refractivity (Wildman–Crippen MR) is 85.4 cm³/mol. The van der Waals surface area contributed by atoms with E-state index >= 15 is 0 Å². The summed E-state index contributed by atoms with van der Waals surface area (Å²) >= 11 is 0. The first-order valence-electron chi connectivity index (χ1n) is 7.39. The Morgan fingerprint density at radius 3 is 2.52 bits per heavy atom. The van der Waals surface area contributed by atoms with E-state index in [2.05, 4.69) is 4.40 Å². The second-order valence-corrected chi connectivity index (χ2v) is 8.34. The minimum Gasteiger partial charge on any atom is -0.484 e. The molecule has 0 saturated carbocycles. The SMILES string of the molecule is CC(C)(C)S(=O)/N=C1/CCCc2c(OCC(F)(F)F)cccc21. The number of benzene rings is 1. The lowest BCUT2D eigenvalue weighted by molar-refractivity contribution is -0.153. The van der Waals surface area contributed by atoms with E-state index in [1.165, 1.54) is 6.07 Å². The monoisotopic (exact) mass is 347 g/mol. The summed E-state index contributed by atoms with van der Waals surface area (Å²) < 4.78 is 58.1. The van der Waals surface area contributed by atoms with Crippen molar-refractivity contribution in [1.82, 2.24) is 0 Å². The highest BCUT2D eigenvalue weighted by Gasteiger charge is 2.30. The quantitative estimate of drug-likeness (QED) is 0.821. The number of nitrogens with zero attached hydrogens (tertiary/aromatic N) is 1. The maximum Gasteiger partial charge on any atom is 0.422 e. The molecular formula is C16H20F3NO2S. The molecule has 2 rings (SSSR count). The number of alkyl halides is 3. The fraction of sp³-hybridized carbons (Fsp3) is 0.562. The number of ether oxygens (including phenoxy) is 1. The Labute approximate surface area is 136 Å². The van der Waals surface area contributed by atoms with E-state index in [0.29, 0.717) is 24.1 Å². The number of hydrogen-bond donors (Lipinski definition) is 0. The zero-order valence-corrected chi connectivity index (χ0v) is 14.2. The van der Waals surface area contributed by atoms with Crippen molar-refractivity contribution in [3.8, 4) is 5.75 Å². The third-order valence-electron chi connectivity index (χ3n) is 3.39. The Morgan fingerprint density at radius 1 is 1.22 bits per heavy atom. The molecule has 3 nitrogen and oxygen atoms in total. The molecule has 0 N–H and O–H groups in total. The second-order valence-electron chi connectivity index (χ2n) is 6.44. The van der Waals surface area contributed by atoms with Crippen LogP contribution in [0.1, 0.15) is 44.7 Å². The minimum atomic E-state index is -4.37. The molecule has 7 heteroatoms. The molecule has 0 radical (unpaired) electrons. The summed E-state index contributed by atoms with van der Waals surface area (Å²) in [6.45, 7) is 4.18. The lowest BCUT2D eigenvalue weighted by atomic mass is 9.89. The van der Waals surface area contributed by atoms with Crippen LogP contribution in [0.5, 0.6) is 5.75 Å². The van der Waals surface area contributed by atoms with Gasteiger partial charge in [-0.05, 0) is 46.1 Å². The molecular weight excluding hydrogens is 327 g/mol. The van der Waals surface area contributed by atoms with Gasteiger partial charge in [0, 0.05) is 11.1 Å². The van der Waals surface area contributed by atoms with Crippen molar-refractivity contribution in [3.63, 3.8) is 0 Å². The van der Waals surface area contributed by atoms with Gasteiger partial charge in [-0.3, -0.25) is 0 Å². The van der Waals surface area contributed by atoms with Crippen LogP contribution in [0.4, 0.5) is 13.2 Å². The average Bonchev–Trinajstić information content (AvgIpc) is 2.43. The van der Waals surface area contributed by atoms with Crippen molar-refractivity contribution in [2.75, 3.05) is 6.61 Å². The van der Waals surface area contributed by atoms with Crippen LogP contribution in [0.2, 0.25) is 0 Å². The van der Waals surface area contributed by atoms with Gasteiger partial charge in [0.1, 0.15) is 16.7 Å². The Hall–Kier alpha value is -1.37. The standard InChI is InChI=1S/C16H20F3NO2S/c1-15(2,3)23(21)20-13-8-4-7-12-11(13)6-5-9-14(12)22-10-16(17,18)19/h5-6,9H,4,7-8,10H2,1-3H3/b20-13-. The van der Waals surface area contributed by atoms with Crippen molar-refractivity contribution in [3.05, 3.63) is 29.3 Å². The van der Waals surface area contributed by atoms with Gasteiger partial charge < -0.3 is 4.74 Å². The van der Waals surface area contributed by atoms with Crippen molar-refractivity contribution in [2.24, 2.45) is 4.40 Å². The minimum absolute atomic E-state index is 0.230. The number of rotatable bonds is 3.